The summed E-state index contributed by atoms with van der Waals surface area (Å²) in [7, 11) is 0. The van der Waals surface area contributed by atoms with Gasteiger partial charge in [0.1, 0.15) is 0 Å². The van der Waals surface area contributed by atoms with E-state index in [1.165, 1.54) is 0 Å². The van der Waals surface area contributed by atoms with Gasteiger partial charge in [0.05, 0.1) is 18.7 Å². The molecule has 2 heterocycles. The van der Waals surface area contributed by atoms with E-state index in [1.807, 2.05) is 30.5 Å². The zero-order valence-electron chi connectivity index (χ0n) is 10.9. The highest BCUT2D eigenvalue weighted by Gasteiger charge is 2.09. The van der Waals surface area contributed by atoms with E-state index in [-0.39, 0.29) is 0 Å². The Morgan fingerprint density at radius 3 is 2.95 bits per heavy atom. The summed E-state index contributed by atoms with van der Waals surface area (Å²) in [5, 5.41) is 4.35. The Morgan fingerprint density at radius 2 is 2.05 bits per heavy atom. The number of fused-ring (bicyclic) bond motifs is 1. The Balaban J connectivity index is 1.56. The first-order valence-electron chi connectivity index (χ1n) is 6.67. The first kappa shape index (κ1) is 12.3. The lowest BCUT2D eigenvalue weighted by Gasteiger charge is -2.26. The molecule has 2 aromatic rings. The predicted octanol–water partition coefficient (Wildman–Crippen LogP) is 1.37. The largest absolute Gasteiger partial charge is 0.379 e. The minimum Gasteiger partial charge on any atom is -0.379 e. The number of anilines is 1. The molecule has 1 fully saturated rings. The van der Waals surface area contributed by atoms with Crippen LogP contribution >= 0.6 is 0 Å². The van der Waals surface area contributed by atoms with Crippen LogP contribution < -0.4 is 5.32 Å². The molecule has 0 saturated carbocycles. The number of hydrogen-bond acceptors (Lipinski definition) is 5. The highest BCUT2D eigenvalue weighted by molar-refractivity contribution is 5.78. The van der Waals surface area contributed by atoms with Gasteiger partial charge in [-0.1, -0.05) is 18.2 Å². The van der Waals surface area contributed by atoms with Crippen LogP contribution in [0.1, 0.15) is 0 Å². The van der Waals surface area contributed by atoms with Gasteiger partial charge in [0, 0.05) is 37.8 Å². The summed E-state index contributed by atoms with van der Waals surface area (Å²) >= 11 is 0. The SMILES string of the molecule is c1ccc2nc(NCCN3CCOCC3)ncc2c1. The second-order valence-electron chi connectivity index (χ2n) is 4.63. The number of hydrogen-bond donors (Lipinski definition) is 1. The molecule has 0 unspecified atom stereocenters. The first-order chi connectivity index (χ1) is 9.42. The number of nitrogens with one attached hydrogen (secondary N) is 1. The number of para-hydroxylation sites is 1. The van der Waals surface area contributed by atoms with Crippen molar-refractivity contribution in [2.45, 2.75) is 0 Å². The van der Waals surface area contributed by atoms with Crippen molar-refractivity contribution in [1.29, 1.82) is 0 Å². The summed E-state index contributed by atoms with van der Waals surface area (Å²) in [6, 6.07) is 8.01. The third-order valence-electron chi connectivity index (χ3n) is 3.30. The van der Waals surface area contributed by atoms with Crippen LogP contribution in [0.5, 0.6) is 0 Å². The maximum Gasteiger partial charge on any atom is 0.223 e. The van der Waals surface area contributed by atoms with Gasteiger partial charge in [-0.25, -0.2) is 9.97 Å². The summed E-state index contributed by atoms with van der Waals surface area (Å²) in [6.45, 7) is 5.57. The molecule has 0 bridgehead atoms. The number of benzene rings is 1. The fourth-order valence-electron chi connectivity index (χ4n) is 2.21. The van der Waals surface area contributed by atoms with E-state index in [2.05, 4.69) is 20.2 Å². The van der Waals surface area contributed by atoms with Crippen molar-refractivity contribution in [3.8, 4) is 0 Å². The summed E-state index contributed by atoms with van der Waals surface area (Å²) in [6.07, 6.45) is 1.86. The Hall–Kier alpha value is -1.72. The predicted molar refractivity (Wildman–Crippen MR) is 75.3 cm³/mol. The standard InChI is InChI=1S/C14H18N4O/c1-2-4-13-12(3-1)11-16-14(17-13)15-5-6-18-7-9-19-10-8-18/h1-4,11H,5-10H2,(H,15,16,17). The monoisotopic (exact) mass is 258 g/mol. The van der Waals surface area contributed by atoms with Crippen molar-refractivity contribution >= 4 is 16.9 Å². The van der Waals surface area contributed by atoms with Gasteiger partial charge in [-0.2, -0.15) is 0 Å². The topological polar surface area (TPSA) is 50.3 Å². The van der Waals surface area contributed by atoms with Gasteiger partial charge in [0.25, 0.3) is 0 Å². The van der Waals surface area contributed by atoms with Crippen LogP contribution in [-0.4, -0.2) is 54.3 Å². The van der Waals surface area contributed by atoms with E-state index in [9.17, 15) is 0 Å². The fraction of sp³-hybridized carbons (Fsp3) is 0.429. The van der Waals surface area contributed by atoms with Crippen LogP contribution in [-0.2, 0) is 4.74 Å². The Morgan fingerprint density at radius 1 is 1.21 bits per heavy atom. The Kier molecular flexibility index (Phi) is 3.86. The average Bonchev–Trinajstić information content (AvgIpc) is 2.48. The number of ether oxygens (including phenoxy) is 1. The first-order valence-corrected chi connectivity index (χ1v) is 6.67. The van der Waals surface area contributed by atoms with Crippen molar-refractivity contribution in [2.24, 2.45) is 0 Å². The van der Waals surface area contributed by atoms with Gasteiger partial charge in [0.2, 0.25) is 5.95 Å². The molecule has 0 aliphatic carbocycles. The van der Waals surface area contributed by atoms with E-state index in [4.69, 9.17) is 4.74 Å². The molecule has 0 radical (unpaired) electrons. The summed E-state index contributed by atoms with van der Waals surface area (Å²) in [4.78, 5) is 11.2. The maximum atomic E-state index is 5.33. The number of nitrogens with zero attached hydrogens (tertiary/aromatic N) is 3. The second kappa shape index (κ2) is 5.95. The van der Waals surface area contributed by atoms with Crippen LogP contribution in [0.3, 0.4) is 0 Å². The molecule has 0 amide bonds. The molecule has 1 aromatic carbocycles. The molecule has 1 aromatic heterocycles. The number of morpholine rings is 1. The number of aromatic nitrogens is 2. The van der Waals surface area contributed by atoms with Gasteiger partial charge in [-0.05, 0) is 6.07 Å². The van der Waals surface area contributed by atoms with Crippen molar-refractivity contribution in [1.82, 2.24) is 14.9 Å². The minimum absolute atomic E-state index is 0.701. The molecule has 5 heteroatoms. The van der Waals surface area contributed by atoms with Crippen molar-refractivity contribution in [3.63, 3.8) is 0 Å². The van der Waals surface area contributed by atoms with Crippen LogP contribution in [0, 0.1) is 0 Å². The molecular weight excluding hydrogens is 240 g/mol. The van der Waals surface area contributed by atoms with Crippen LogP contribution in [0.4, 0.5) is 5.95 Å². The molecular formula is C14H18N4O. The Labute approximate surface area is 112 Å². The molecule has 1 saturated heterocycles. The van der Waals surface area contributed by atoms with Crippen LogP contribution in [0.25, 0.3) is 10.9 Å². The van der Waals surface area contributed by atoms with Crippen molar-refractivity contribution in [3.05, 3.63) is 30.5 Å². The lowest BCUT2D eigenvalue weighted by Crippen LogP contribution is -2.39. The maximum absolute atomic E-state index is 5.33. The molecule has 1 aliphatic rings. The molecule has 100 valence electrons. The van der Waals surface area contributed by atoms with E-state index in [1.54, 1.807) is 0 Å². The third-order valence-corrected chi connectivity index (χ3v) is 3.30. The molecule has 3 rings (SSSR count). The lowest BCUT2D eigenvalue weighted by atomic mass is 10.2. The van der Waals surface area contributed by atoms with Gasteiger partial charge < -0.3 is 10.1 Å². The highest BCUT2D eigenvalue weighted by Crippen LogP contribution is 2.11. The zero-order chi connectivity index (χ0) is 12.9. The molecule has 1 aliphatic heterocycles. The van der Waals surface area contributed by atoms with Gasteiger partial charge in [-0.3, -0.25) is 4.90 Å². The molecule has 1 N–H and O–H groups in total. The van der Waals surface area contributed by atoms with E-state index >= 15 is 0 Å². The number of rotatable bonds is 4. The fourth-order valence-corrected chi connectivity index (χ4v) is 2.21. The van der Waals surface area contributed by atoms with Crippen LogP contribution in [0.2, 0.25) is 0 Å². The normalized spacial score (nSPS) is 16.6. The quantitative estimate of drug-likeness (QED) is 0.897. The van der Waals surface area contributed by atoms with E-state index in [0.717, 1.165) is 50.3 Å². The third kappa shape index (κ3) is 3.19. The smallest absolute Gasteiger partial charge is 0.223 e. The second-order valence-corrected chi connectivity index (χ2v) is 4.63. The van der Waals surface area contributed by atoms with Gasteiger partial charge in [0.15, 0.2) is 0 Å². The minimum atomic E-state index is 0.701. The molecule has 0 atom stereocenters. The molecule has 0 spiro atoms. The lowest BCUT2D eigenvalue weighted by molar-refractivity contribution is 0.0398. The van der Waals surface area contributed by atoms with Crippen molar-refractivity contribution < 1.29 is 4.74 Å². The molecule has 5 nitrogen and oxygen atoms in total. The average molecular weight is 258 g/mol. The summed E-state index contributed by atoms with van der Waals surface area (Å²) < 4.78 is 5.33. The van der Waals surface area contributed by atoms with E-state index < -0.39 is 0 Å². The summed E-state index contributed by atoms with van der Waals surface area (Å²) in [5.41, 5.74) is 0.978. The van der Waals surface area contributed by atoms with Gasteiger partial charge >= 0.3 is 0 Å². The van der Waals surface area contributed by atoms with E-state index in [0.29, 0.717) is 5.95 Å². The molecule has 19 heavy (non-hydrogen) atoms. The van der Waals surface area contributed by atoms with Crippen molar-refractivity contribution in [2.75, 3.05) is 44.7 Å². The summed E-state index contributed by atoms with van der Waals surface area (Å²) in [5.74, 6) is 0.701. The van der Waals surface area contributed by atoms with Gasteiger partial charge in [-0.15, -0.1) is 0 Å². The highest BCUT2D eigenvalue weighted by atomic mass is 16.5. The van der Waals surface area contributed by atoms with Crippen LogP contribution in [0.15, 0.2) is 30.5 Å². The zero-order valence-corrected chi connectivity index (χ0v) is 10.9. The Bertz CT molecular complexity index is 540.